The molecule has 4 heteroatoms. The lowest BCUT2D eigenvalue weighted by Crippen LogP contribution is -2.25. The van der Waals surface area contributed by atoms with Gasteiger partial charge in [0.25, 0.3) is 0 Å². The number of likely N-dealkylation sites (N-methyl/N-ethyl adjacent to an activating group) is 1. The van der Waals surface area contributed by atoms with E-state index in [1.807, 2.05) is 60.7 Å². The Labute approximate surface area is 195 Å². The number of nitrogens with zero attached hydrogens (tertiary/aromatic N) is 2. The number of hydrogen-bond donors (Lipinski definition) is 0. The first-order valence-corrected chi connectivity index (χ1v) is 11.0. The van der Waals surface area contributed by atoms with Gasteiger partial charge in [0.1, 0.15) is 17.4 Å². The molecule has 164 valence electrons. The van der Waals surface area contributed by atoms with E-state index in [-0.39, 0.29) is 11.0 Å². The predicted octanol–water partition coefficient (Wildman–Crippen LogP) is 6.22. The van der Waals surface area contributed by atoms with Crippen molar-refractivity contribution in [1.29, 1.82) is 5.26 Å². The van der Waals surface area contributed by atoms with Gasteiger partial charge in [-0.05, 0) is 36.3 Å². The lowest BCUT2D eigenvalue weighted by Gasteiger charge is -2.25. The quantitative estimate of drug-likeness (QED) is 0.414. The fourth-order valence-corrected chi connectivity index (χ4v) is 4.44. The molecule has 0 aromatic heterocycles. The Kier molecular flexibility index (Phi) is 6.15. The molecule has 33 heavy (non-hydrogen) atoms. The van der Waals surface area contributed by atoms with Crippen LogP contribution in [0.15, 0.2) is 108 Å². The van der Waals surface area contributed by atoms with Crippen molar-refractivity contribution in [3.05, 3.63) is 119 Å². The number of esters is 1. The van der Waals surface area contributed by atoms with Crippen molar-refractivity contribution in [3.63, 3.8) is 0 Å². The Hall–Kier alpha value is -4.10. The molecule has 0 aliphatic carbocycles. The minimum atomic E-state index is -0.612. The van der Waals surface area contributed by atoms with Crippen LogP contribution >= 0.6 is 0 Å². The van der Waals surface area contributed by atoms with Crippen LogP contribution in [-0.2, 0) is 14.9 Å². The summed E-state index contributed by atoms with van der Waals surface area (Å²) in [6, 6.07) is 19.9. The molecular weight excluding hydrogens is 408 g/mol. The minimum absolute atomic E-state index is 0.0313. The molecule has 2 aliphatic heterocycles. The monoisotopic (exact) mass is 434 g/mol. The Morgan fingerprint density at radius 1 is 0.970 bits per heavy atom. The molecule has 2 heterocycles. The van der Waals surface area contributed by atoms with Crippen LogP contribution < -0.4 is 4.90 Å². The number of carbonyl (C=O) groups excluding carboxylic acids is 1. The van der Waals surface area contributed by atoms with Crippen molar-refractivity contribution >= 4 is 17.2 Å². The Morgan fingerprint density at radius 3 is 2.33 bits per heavy atom. The average Bonchev–Trinajstić information content (AvgIpc) is 3.26. The summed E-state index contributed by atoms with van der Waals surface area (Å²) in [5.41, 5.74) is 5.13. The molecule has 0 spiro atoms. The molecule has 2 aromatic rings. The highest BCUT2D eigenvalue weighted by Gasteiger charge is 2.38. The highest BCUT2D eigenvalue weighted by Crippen LogP contribution is 2.47. The average molecular weight is 435 g/mol. The van der Waals surface area contributed by atoms with Crippen molar-refractivity contribution in [2.75, 3.05) is 11.4 Å². The summed E-state index contributed by atoms with van der Waals surface area (Å²) < 4.78 is 5.34. The Bertz CT molecular complexity index is 1270. The lowest BCUT2D eigenvalue weighted by molar-refractivity contribution is -0.132. The van der Waals surface area contributed by atoms with Gasteiger partial charge >= 0.3 is 5.97 Å². The van der Waals surface area contributed by atoms with Crippen LogP contribution in [0.5, 0.6) is 0 Å². The molecule has 2 aromatic carbocycles. The van der Waals surface area contributed by atoms with Crippen molar-refractivity contribution in [3.8, 4) is 6.07 Å². The molecule has 0 fully saturated rings. The topological polar surface area (TPSA) is 53.3 Å². The van der Waals surface area contributed by atoms with Gasteiger partial charge < -0.3 is 9.64 Å². The van der Waals surface area contributed by atoms with Crippen LogP contribution in [-0.4, -0.2) is 12.5 Å². The van der Waals surface area contributed by atoms with E-state index in [0.29, 0.717) is 11.3 Å². The van der Waals surface area contributed by atoms with Gasteiger partial charge in [-0.3, -0.25) is 0 Å². The SMILES string of the molecule is CCN1/C(=C/C=C/C=C/C=C2/OC(=O)C(C#N)=C2c2ccccc2)C(C)(C)c2ccccc21. The van der Waals surface area contributed by atoms with Gasteiger partial charge in [0.2, 0.25) is 0 Å². The van der Waals surface area contributed by atoms with E-state index in [2.05, 4.69) is 56.0 Å². The van der Waals surface area contributed by atoms with E-state index < -0.39 is 5.97 Å². The summed E-state index contributed by atoms with van der Waals surface area (Å²) in [5, 5.41) is 9.40. The highest BCUT2D eigenvalue weighted by atomic mass is 16.5. The fraction of sp³-hybridized carbons (Fsp3) is 0.172. The van der Waals surface area contributed by atoms with Crippen molar-refractivity contribution in [1.82, 2.24) is 0 Å². The number of cyclic esters (lactones) is 1. The summed E-state index contributed by atoms with van der Waals surface area (Å²) in [7, 11) is 0. The third-order valence-electron chi connectivity index (χ3n) is 6.03. The second kappa shape index (κ2) is 9.18. The molecular formula is C29H26N2O2. The third-order valence-corrected chi connectivity index (χ3v) is 6.03. The summed E-state index contributed by atoms with van der Waals surface area (Å²) in [6.07, 6.45) is 11.5. The molecule has 2 aliphatic rings. The van der Waals surface area contributed by atoms with Gasteiger partial charge in [0.15, 0.2) is 0 Å². The van der Waals surface area contributed by atoms with Crippen molar-refractivity contribution in [2.24, 2.45) is 0 Å². The maximum atomic E-state index is 12.1. The van der Waals surface area contributed by atoms with E-state index in [9.17, 15) is 10.1 Å². The number of anilines is 1. The first kappa shape index (κ1) is 22.1. The van der Waals surface area contributed by atoms with Gasteiger partial charge in [-0.1, -0.05) is 86.7 Å². The number of para-hydroxylation sites is 1. The zero-order chi connectivity index (χ0) is 23.4. The molecule has 0 N–H and O–H groups in total. The molecule has 0 saturated carbocycles. The normalized spacial score (nSPS) is 19.7. The molecule has 0 amide bonds. The third kappa shape index (κ3) is 4.06. The van der Waals surface area contributed by atoms with Gasteiger partial charge in [-0.2, -0.15) is 5.26 Å². The summed E-state index contributed by atoms with van der Waals surface area (Å²) in [6.45, 7) is 7.57. The molecule has 0 unspecified atom stereocenters. The highest BCUT2D eigenvalue weighted by molar-refractivity contribution is 6.10. The van der Waals surface area contributed by atoms with E-state index in [1.165, 1.54) is 16.9 Å². The second-order valence-electron chi connectivity index (χ2n) is 8.36. The van der Waals surface area contributed by atoms with Crippen LogP contribution in [0.4, 0.5) is 5.69 Å². The first-order chi connectivity index (χ1) is 16.0. The molecule has 0 saturated heterocycles. The summed E-state index contributed by atoms with van der Waals surface area (Å²) >= 11 is 0. The number of ether oxygens (including phenoxy) is 1. The maximum absolute atomic E-state index is 12.1. The lowest BCUT2D eigenvalue weighted by atomic mass is 9.84. The van der Waals surface area contributed by atoms with Crippen LogP contribution in [0.2, 0.25) is 0 Å². The number of rotatable bonds is 5. The molecule has 4 rings (SSSR count). The minimum Gasteiger partial charge on any atom is -0.422 e. The van der Waals surface area contributed by atoms with Crippen LogP contribution in [0.25, 0.3) is 5.57 Å². The molecule has 0 bridgehead atoms. The Morgan fingerprint density at radius 2 is 1.64 bits per heavy atom. The largest absolute Gasteiger partial charge is 0.422 e. The number of benzene rings is 2. The molecule has 0 radical (unpaired) electrons. The van der Waals surface area contributed by atoms with E-state index in [0.717, 1.165) is 12.1 Å². The number of nitriles is 1. The molecule has 0 atom stereocenters. The van der Waals surface area contributed by atoms with Crippen LogP contribution in [0, 0.1) is 11.3 Å². The Balaban J connectivity index is 1.55. The fourth-order valence-electron chi connectivity index (χ4n) is 4.44. The van der Waals surface area contributed by atoms with Crippen LogP contribution in [0.1, 0.15) is 31.9 Å². The summed E-state index contributed by atoms with van der Waals surface area (Å²) in [4.78, 5) is 14.5. The van der Waals surface area contributed by atoms with E-state index >= 15 is 0 Å². The van der Waals surface area contributed by atoms with Gasteiger partial charge in [0, 0.05) is 28.9 Å². The van der Waals surface area contributed by atoms with Crippen LogP contribution in [0.3, 0.4) is 0 Å². The van der Waals surface area contributed by atoms with Crippen molar-refractivity contribution < 1.29 is 9.53 Å². The number of fused-ring (bicyclic) bond motifs is 1. The van der Waals surface area contributed by atoms with E-state index in [1.54, 1.807) is 6.08 Å². The summed E-state index contributed by atoms with van der Waals surface area (Å²) in [5.74, 6) is -0.228. The van der Waals surface area contributed by atoms with Crippen molar-refractivity contribution in [2.45, 2.75) is 26.2 Å². The van der Waals surface area contributed by atoms with Gasteiger partial charge in [-0.15, -0.1) is 0 Å². The van der Waals surface area contributed by atoms with Gasteiger partial charge in [0.05, 0.1) is 0 Å². The first-order valence-electron chi connectivity index (χ1n) is 11.0. The standard InChI is InChI=1S/C29H26N2O2/c1-4-31-24-17-13-12-16-23(24)29(2,3)26(31)19-11-6-5-10-18-25-27(21-14-8-7-9-15-21)22(20-30)28(32)33-25/h5-19H,4H2,1-3H3/b10-5+,11-6+,25-18+,26-19+. The van der Waals surface area contributed by atoms with E-state index in [4.69, 9.17) is 4.74 Å². The predicted molar refractivity (Wildman–Crippen MR) is 132 cm³/mol. The molecule has 4 nitrogen and oxygen atoms in total. The zero-order valence-corrected chi connectivity index (χ0v) is 19.1. The number of carbonyl (C=O) groups is 1. The zero-order valence-electron chi connectivity index (χ0n) is 19.1. The van der Waals surface area contributed by atoms with Gasteiger partial charge in [-0.25, -0.2) is 4.79 Å². The maximum Gasteiger partial charge on any atom is 0.355 e. The second-order valence-corrected chi connectivity index (χ2v) is 8.36. The number of hydrogen-bond acceptors (Lipinski definition) is 4. The number of allylic oxidation sites excluding steroid dienone is 8. The smallest absolute Gasteiger partial charge is 0.355 e.